The van der Waals surface area contributed by atoms with E-state index in [-0.39, 0.29) is 36.5 Å². The first-order chi connectivity index (χ1) is 9.54. The molecule has 0 bridgehead atoms. The molecule has 2 aliphatic rings. The molecular weight excluding hydrogens is 260 g/mol. The second-order valence-electron chi connectivity index (χ2n) is 5.01. The van der Waals surface area contributed by atoms with Crippen molar-refractivity contribution >= 4 is 23.6 Å². The molecule has 0 spiro atoms. The number of hydrogen-bond donors (Lipinski definition) is 2. The second-order valence-corrected chi connectivity index (χ2v) is 5.01. The second kappa shape index (κ2) is 4.56. The number of carbonyl (C=O) groups is 4. The minimum Gasteiger partial charge on any atom is -0.296 e. The Kier molecular flexibility index (Phi) is 2.85. The van der Waals surface area contributed by atoms with Crippen molar-refractivity contribution < 1.29 is 19.2 Å². The van der Waals surface area contributed by atoms with Crippen LogP contribution in [0.2, 0.25) is 0 Å². The molecule has 6 nitrogen and oxygen atoms in total. The smallest absolute Gasteiger partial charge is 0.234 e. The van der Waals surface area contributed by atoms with Gasteiger partial charge in [-0.15, -0.1) is 0 Å². The molecule has 2 saturated heterocycles. The van der Waals surface area contributed by atoms with Gasteiger partial charge in [-0.25, -0.2) is 0 Å². The van der Waals surface area contributed by atoms with Crippen LogP contribution in [0, 0.1) is 0 Å². The zero-order valence-corrected chi connectivity index (χ0v) is 10.5. The molecule has 2 atom stereocenters. The lowest BCUT2D eigenvalue weighted by Gasteiger charge is -2.11. The van der Waals surface area contributed by atoms with Gasteiger partial charge in [-0.1, -0.05) is 24.3 Å². The summed E-state index contributed by atoms with van der Waals surface area (Å²) >= 11 is 0. The van der Waals surface area contributed by atoms with Crippen LogP contribution in [-0.4, -0.2) is 23.6 Å². The van der Waals surface area contributed by atoms with E-state index >= 15 is 0 Å². The van der Waals surface area contributed by atoms with Gasteiger partial charge in [0.15, 0.2) is 0 Å². The van der Waals surface area contributed by atoms with Crippen molar-refractivity contribution in [2.45, 2.75) is 24.7 Å². The van der Waals surface area contributed by atoms with Crippen molar-refractivity contribution in [2.75, 3.05) is 0 Å². The molecule has 20 heavy (non-hydrogen) atoms. The number of nitrogens with one attached hydrogen (secondary N) is 2. The summed E-state index contributed by atoms with van der Waals surface area (Å²) in [5.41, 5.74) is 1.39. The molecular formula is C14H12N2O4. The highest BCUT2D eigenvalue weighted by Crippen LogP contribution is 2.29. The third-order valence-corrected chi connectivity index (χ3v) is 3.65. The molecule has 3 rings (SSSR count). The topological polar surface area (TPSA) is 92.3 Å². The van der Waals surface area contributed by atoms with E-state index < -0.39 is 11.8 Å². The zero-order valence-electron chi connectivity index (χ0n) is 10.5. The maximum atomic E-state index is 11.7. The largest absolute Gasteiger partial charge is 0.296 e. The fourth-order valence-electron chi connectivity index (χ4n) is 2.64. The maximum Gasteiger partial charge on any atom is 0.234 e. The van der Waals surface area contributed by atoms with Gasteiger partial charge < -0.3 is 0 Å². The van der Waals surface area contributed by atoms with Crippen LogP contribution in [0.1, 0.15) is 35.8 Å². The summed E-state index contributed by atoms with van der Waals surface area (Å²) in [6.45, 7) is 0. The van der Waals surface area contributed by atoms with Crippen LogP contribution in [0.25, 0.3) is 0 Å². The molecule has 0 aliphatic carbocycles. The number of amides is 4. The minimum absolute atomic E-state index is 0.123. The summed E-state index contributed by atoms with van der Waals surface area (Å²) in [7, 11) is 0. The lowest BCUT2D eigenvalue weighted by Crippen LogP contribution is -2.22. The zero-order chi connectivity index (χ0) is 14.3. The standard InChI is InChI=1S/C14H12N2O4/c17-11-5-9(13(19)15-11)7-2-1-3-8(4-7)10-6-12(18)16-14(10)20/h1-4,9-10H,5-6H2,(H,15,17,19)(H,16,18,20). The summed E-state index contributed by atoms with van der Waals surface area (Å²) in [4.78, 5) is 45.8. The third kappa shape index (κ3) is 2.09. The molecule has 2 N–H and O–H groups in total. The Morgan fingerprint density at radius 3 is 1.60 bits per heavy atom. The van der Waals surface area contributed by atoms with Gasteiger partial charge >= 0.3 is 0 Å². The van der Waals surface area contributed by atoms with E-state index in [4.69, 9.17) is 0 Å². The first kappa shape index (κ1) is 12.5. The van der Waals surface area contributed by atoms with E-state index in [1.165, 1.54) is 0 Å². The molecule has 102 valence electrons. The number of imide groups is 2. The molecule has 2 fully saturated rings. The number of rotatable bonds is 2. The SMILES string of the molecule is O=C1CC(c2cccc(C3CC(=O)NC3=O)c2)C(=O)N1. The highest BCUT2D eigenvalue weighted by atomic mass is 16.2. The van der Waals surface area contributed by atoms with Crippen LogP contribution < -0.4 is 10.6 Å². The molecule has 2 heterocycles. The first-order valence-corrected chi connectivity index (χ1v) is 6.32. The molecule has 1 aromatic rings. The Hall–Kier alpha value is -2.50. The normalized spacial score (nSPS) is 25.8. The van der Waals surface area contributed by atoms with Gasteiger partial charge in [-0.2, -0.15) is 0 Å². The summed E-state index contributed by atoms with van der Waals surface area (Å²) in [6.07, 6.45) is 0.246. The van der Waals surface area contributed by atoms with Crippen molar-refractivity contribution in [3.8, 4) is 0 Å². The Morgan fingerprint density at radius 1 is 0.800 bits per heavy atom. The Bertz CT molecular complexity index is 587. The predicted octanol–water partition coefficient (Wildman–Crippen LogP) is -0.0532. The van der Waals surface area contributed by atoms with Crippen molar-refractivity contribution in [1.29, 1.82) is 0 Å². The van der Waals surface area contributed by atoms with Crippen LogP contribution in [0.4, 0.5) is 0 Å². The lowest BCUT2D eigenvalue weighted by molar-refractivity contribution is -0.126. The molecule has 2 aliphatic heterocycles. The Labute approximate surface area is 114 Å². The summed E-state index contributed by atoms with van der Waals surface area (Å²) in [5, 5.41) is 4.52. The van der Waals surface area contributed by atoms with E-state index in [2.05, 4.69) is 10.6 Å². The fraction of sp³-hybridized carbons (Fsp3) is 0.286. The third-order valence-electron chi connectivity index (χ3n) is 3.65. The molecule has 2 unspecified atom stereocenters. The molecule has 4 amide bonds. The maximum absolute atomic E-state index is 11.7. The summed E-state index contributed by atoms with van der Waals surface area (Å²) in [5.74, 6) is -2.25. The van der Waals surface area contributed by atoms with E-state index in [9.17, 15) is 19.2 Å². The van der Waals surface area contributed by atoms with E-state index in [0.29, 0.717) is 11.1 Å². The molecule has 6 heteroatoms. The van der Waals surface area contributed by atoms with Gasteiger partial charge in [0.05, 0.1) is 11.8 Å². The summed E-state index contributed by atoms with van der Waals surface area (Å²) in [6, 6.07) is 6.96. The lowest BCUT2D eigenvalue weighted by atomic mass is 9.91. The van der Waals surface area contributed by atoms with Gasteiger partial charge in [0.25, 0.3) is 0 Å². The van der Waals surface area contributed by atoms with E-state index in [0.717, 1.165) is 0 Å². The van der Waals surface area contributed by atoms with Gasteiger partial charge in [-0.3, -0.25) is 29.8 Å². The average Bonchev–Trinajstić information content (AvgIpc) is 2.91. The number of hydrogen-bond acceptors (Lipinski definition) is 4. The van der Waals surface area contributed by atoms with Crippen LogP contribution in [0.5, 0.6) is 0 Å². The first-order valence-electron chi connectivity index (χ1n) is 6.32. The van der Waals surface area contributed by atoms with Crippen LogP contribution >= 0.6 is 0 Å². The Balaban J connectivity index is 1.90. The van der Waals surface area contributed by atoms with Crippen LogP contribution in [-0.2, 0) is 19.2 Å². The van der Waals surface area contributed by atoms with E-state index in [1.807, 2.05) is 0 Å². The highest BCUT2D eigenvalue weighted by Gasteiger charge is 2.34. The predicted molar refractivity (Wildman–Crippen MR) is 67.5 cm³/mol. The van der Waals surface area contributed by atoms with Gasteiger partial charge in [0.1, 0.15) is 0 Å². The average molecular weight is 272 g/mol. The van der Waals surface area contributed by atoms with Crippen LogP contribution in [0.15, 0.2) is 24.3 Å². The van der Waals surface area contributed by atoms with Crippen molar-refractivity contribution in [3.05, 3.63) is 35.4 Å². The van der Waals surface area contributed by atoms with Crippen molar-refractivity contribution in [1.82, 2.24) is 10.6 Å². The van der Waals surface area contributed by atoms with Crippen LogP contribution in [0.3, 0.4) is 0 Å². The Morgan fingerprint density at radius 2 is 1.25 bits per heavy atom. The number of benzene rings is 1. The fourth-order valence-corrected chi connectivity index (χ4v) is 2.64. The van der Waals surface area contributed by atoms with E-state index in [1.54, 1.807) is 24.3 Å². The molecule has 0 aromatic heterocycles. The highest BCUT2D eigenvalue weighted by molar-refractivity contribution is 6.07. The monoisotopic (exact) mass is 272 g/mol. The molecule has 0 radical (unpaired) electrons. The molecule has 0 saturated carbocycles. The van der Waals surface area contributed by atoms with Crippen molar-refractivity contribution in [2.24, 2.45) is 0 Å². The quantitative estimate of drug-likeness (QED) is 0.738. The van der Waals surface area contributed by atoms with Gasteiger partial charge in [-0.05, 0) is 11.1 Å². The van der Waals surface area contributed by atoms with Gasteiger partial charge in [0, 0.05) is 12.8 Å². The molecule has 1 aromatic carbocycles. The number of carbonyl (C=O) groups excluding carboxylic acids is 4. The minimum atomic E-state index is -0.511. The van der Waals surface area contributed by atoms with Gasteiger partial charge in [0.2, 0.25) is 23.6 Å². The van der Waals surface area contributed by atoms with Crippen molar-refractivity contribution in [3.63, 3.8) is 0 Å². The summed E-state index contributed by atoms with van der Waals surface area (Å²) < 4.78 is 0.